The molecule has 6 nitrogen and oxygen atoms in total. The standard InChI is InChI=1S/C6H8ClN3O3/c7-6-9-1-2(10-6)4(11)3(8)5(12)13/h1,3-4,11H,8H2,(H,9,10)(H,12,13). The highest BCUT2D eigenvalue weighted by atomic mass is 35.5. The summed E-state index contributed by atoms with van der Waals surface area (Å²) in [5, 5.41) is 17.9. The lowest BCUT2D eigenvalue weighted by Crippen LogP contribution is -2.36. The lowest BCUT2D eigenvalue weighted by atomic mass is 10.1. The van der Waals surface area contributed by atoms with Crippen LogP contribution in [0.5, 0.6) is 0 Å². The molecule has 2 atom stereocenters. The summed E-state index contributed by atoms with van der Waals surface area (Å²) in [6, 6.07) is -1.39. The Morgan fingerprint density at radius 1 is 1.77 bits per heavy atom. The van der Waals surface area contributed by atoms with Gasteiger partial charge in [-0.2, -0.15) is 0 Å². The summed E-state index contributed by atoms with van der Waals surface area (Å²) >= 11 is 5.42. The largest absolute Gasteiger partial charge is 0.480 e. The van der Waals surface area contributed by atoms with Gasteiger partial charge in [-0.25, -0.2) is 4.98 Å². The number of nitrogens with two attached hydrogens (primary N) is 1. The molecule has 1 heterocycles. The van der Waals surface area contributed by atoms with E-state index >= 15 is 0 Å². The Morgan fingerprint density at radius 2 is 2.38 bits per heavy atom. The van der Waals surface area contributed by atoms with E-state index in [1.807, 2.05) is 0 Å². The van der Waals surface area contributed by atoms with Gasteiger partial charge in [0, 0.05) is 0 Å². The number of hydrogen-bond acceptors (Lipinski definition) is 4. The van der Waals surface area contributed by atoms with Gasteiger partial charge in [0.05, 0.1) is 11.9 Å². The number of H-pyrrole nitrogens is 1. The molecule has 0 spiro atoms. The molecule has 0 saturated carbocycles. The van der Waals surface area contributed by atoms with Crippen LogP contribution >= 0.6 is 11.6 Å². The van der Waals surface area contributed by atoms with Crippen molar-refractivity contribution >= 4 is 17.6 Å². The van der Waals surface area contributed by atoms with E-state index in [2.05, 4.69) is 9.97 Å². The van der Waals surface area contributed by atoms with E-state index in [0.717, 1.165) is 0 Å². The Bertz CT molecular complexity index is 314. The lowest BCUT2D eigenvalue weighted by Gasteiger charge is -2.12. The van der Waals surface area contributed by atoms with E-state index in [0.29, 0.717) is 0 Å². The lowest BCUT2D eigenvalue weighted by molar-refractivity contribution is -0.141. The average Bonchev–Trinajstić information content (AvgIpc) is 2.49. The van der Waals surface area contributed by atoms with Crippen LogP contribution < -0.4 is 5.73 Å². The predicted molar refractivity (Wildman–Crippen MR) is 44.2 cm³/mol. The Labute approximate surface area is 78.3 Å². The Morgan fingerprint density at radius 3 is 2.77 bits per heavy atom. The molecule has 0 fully saturated rings. The summed E-state index contributed by atoms with van der Waals surface area (Å²) in [5.41, 5.74) is 5.34. The van der Waals surface area contributed by atoms with Crippen molar-refractivity contribution in [1.82, 2.24) is 9.97 Å². The Balaban J connectivity index is 2.78. The second-order valence-electron chi connectivity index (χ2n) is 2.44. The molecular weight excluding hydrogens is 198 g/mol. The third-order valence-electron chi connectivity index (χ3n) is 1.51. The molecule has 1 aromatic heterocycles. The molecule has 5 N–H and O–H groups in total. The fourth-order valence-corrected chi connectivity index (χ4v) is 0.947. The fourth-order valence-electron chi connectivity index (χ4n) is 0.789. The molecule has 1 rings (SSSR count). The van der Waals surface area contributed by atoms with Crippen molar-refractivity contribution in [2.45, 2.75) is 12.1 Å². The van der Waals surface area contributed by atoms with Crippen molar-refractivity contribution in [2.24, 2.45) is 5.73 Å². The third-order valence-corrected chi connectivity index (χ3v) is 1.70. The highest BCUT2D eigenvalue weighted by molar-refractivity contribution is 6.28. The van der Waals surface area contributed by atoms with E-state index in [1.54, 1.807) is 0 Å². The number of nitrogens with one attached hydrogen (secondary N) is 1. The Kier molecular flexibility index (Phi) is 2.86. The van der Waals surface area contributed by atoms with Crippen molar-refractivity contribution in [3.8, 4) is 0 Å². The number of aliphatic hydroxyl groups excluding tert-OH is 1. The van der Waals surface area contributed by atoms with E-state index < -0.39 is 18.1 Å². The number of carboxylic acid groups (broad SMARTS) is 1. The number of rotatable bonds is 3. The van der Waals surface area contributed by atoms with Crippen molar-refractivity contribution in [3.63, 3.8) is 0 Å². The van der Waals surface area contributed by atoms with Crippen LogP contribution in [0.25, 0.3) is 0 Å². The molecule has 0 bridgehead atoms. The molecule has 0 amide bonds. The van der Waals surface area contributed by atoms with Crippen LogP contribution in [0.3, 0.4) is 0 Å². The maximum absolute atomic E-state index is 10.4. The van der Waals surface area contributed by atoms with Gasteiger partial charge in [0.1, 0.15) is 12.1 Å². The van der Waals surface area contributed by atoms with E-state index in [-0.39, 0.29) is 11.0 Å². The summed E-state index contributed by atoms with van der Waals surface area (Å²) in [7, 11) is 0. The van der Waals surface area contributed by atoms with E-state index in [9.17, 15) is 9.90 Å². The van der Waals surface area contributed by atoms with Gasteiger partial charge < -0.3 is 20.9 Å². The van der Waals surface area contributed by atoms with Gasteiger partial charge in [-0.05, 0) is 11.6 Å². The first-order chi connectivity index (χ1) is 6.02. The number of carbonyl (C=O) groups is 1. The van der Waals surface area contributed by atoms with Crippen LogP contribution in [0.2, 0.25) is 5.28 Å². The smallest absolute Gasteiger partial charge is 0.323 e. The highest BCUT2D eigenvalue weighted by Gasteiger charge is 2.24. The predicted octanol–water partition coefficient (Wildman–Crippen LogP) is -0.492. The highest BCUT2D eigenvalue weighted by Crippen LogP contribution is 2.14. The zero-order valence-corrected chi connectivity index (χ0v) is 7.19. The fraction of sp³-hybridized carbons (Fsp3) is 0.333. The second-order valence-corrected chi connectivity index (χ2v) is 2.80. The molecule has 0 saturated heterocycles. The molecule has 1 aromatic rings. The zero-order chi connectivity index (χ0) is 10.0. The van der Waals surface area contributed by atoms with Crippen LogP contribution in [0, 0.1) is 0 Å². The number of aromatic nitrogens is 2. The number of aliphatic hydroxyl groups is 1. The normalized spacial score (nSPS) is 15.3. The van der Waals surface area contributed by atoms with Crippen LogP contribution in [0.15, 0.2) is 6.20 Å². The quantitative estimate of drug-likeness (QED) is 0.532. The van der Waals surface area contributed by atoms with Crippen LogP contribution in [-0.4, -0.2) is 32.2 Å². The average molecular weight is 206 g/mol. The summed E-state index contributed by atoms with van der Waals surface area (Å²) in [4.78, 5) is 16.4. The van der Waals surface area contributed by atoms with Crippen molar-refractivity contribution in [3.05, 3.63) is 17.2 Å². The monoisotopic (exact) mass is 205 g/mol. The summed E-state index contributed by atoms with van der Waals surface area (Å²) in [6.07, 6.45) is -0.104. The van der Waals surface area contributed by atoms with E-state index in [4.69, 9.17) is 22.4 Å². The molecule has 0 aliphatic carbocycles. The molecule has 0 radical (unpaired) electrons. The molecule has 72 valence electrons. The van der Waals surface area contributed by atoms with Gasteiger partial charge in [0.2, 0.25) is 0 Å². The second kappa shape index (κ2) is 3.73. The van der Waals surface area contributed by atoms with Crippen LogP contribution in [-0.2, 0) is 4.79 Å². The molecule has 13 heavy (non-hydrogen) atoms. The first-order valence-electron chi connectivity index (χ1n) is 3.39. The van der Waals surface area contributed by atoms with Crippen LogP contribution in [0.4, 0.5) is 0 Å². The molecule has 2 unspecified atom stereocenters. The molecule has 0 aliphatic rings. The number of halogens is 1. The number of nitrogens with zero attached hydrogens (tertiary/aromatic N) is 1. The maximum atomic E-state index is 10.4. The molecule has 0 aromatic carbocycles. The zero-order valence-electron chi connectivity index (χ0n) is 6.44. The number of hydrogen-bond donors (Lipinski definition) is 4. The number of aliphatic carboxylic acids is 1. The van der Waals surface area contributed by atoms with Crippen molar-refractivity contribution in [1.29, 1.82) is 0 Å². The first kappa shape index (κ1) is 9.97. The van der Waals surface area contributed by atoms with Gasteiger partial charge in [0.15, 0.2) is 5.28 Å². The maximum Gasteiger partial charge on any atom is 0.323 e. The minimum Gasteiger partial charge on any atom is -0.480 e. The third kappa shape index (κ3) is 2.18. The van der Waals surface area contributed by atoms with E-state index in [1.165, 1.54) is 6.20 Å². The number of carboxylic acids is 1. The van der Waals surface area contributed by atoms with Gasteiger partial charge in [-0.15, -0.1) is 0 Å². The first-order valence-corrected chi connectivity index (χ1v) is 3.77. The summed E-state index contributed by atoms with van der Waals surface area (Å²) in [5.74, 6) is -1.29. The topological polar surface area (TPSA) is 112 Å². The molecule has 7 heteroatoms. The van der Waals surface area contributed by atoms with Gasteiger partial charge >= 0.3 is 5.97 Å². The van der Waals surface area contributed by atoms with Gasteiger partial charge in [0.25, 0.3) is 0 Å². The summed E-state index contributed by atoms with van der Waals surface area (Å²) < 4.78 is 0. The minimum absolute atomic E-state index is 0.0756. The summed E-state index contributed by atoms with van der Waals surface area (Å²) in [6.45, 7) is 0. The van der Waals surface area contributed by atoms with Crippen molar-refractivity contribution < 1.29 is 15.0 Å². The van der Waals surface area contributed by atoms with Gasteiger partial charge in [-0.3, -0.25) is 4.79 Å². The molecule has 0 aliphatic heterocycles. The number of imidazole rings is 1. The Hall–Kier alpha value is -1.11. The van der Waals surface area contributed by atoms with Crippen molar-refractivity contribution in [2.75, 3.05) is 0 Å². The van der Waals surface area contributed by atoms with Crippen LogP contribution in [0.1, 0.15) is 11.8 Å². The number of aromatic amines is 1. The van der Waals surface area contributed by atoms with Gasteiger partial charge in [-0.1, -0.05) is 0 Å². The SMILES string of the molecule is NC(C(=O)O)C(O)c1cnc(Cl)[nH]1. The molecular formula is C6H8ClN3O3. The minimum atomic E-state index is -1.39.